The predicted octanol–water partition coefficient (Wildman–Crippen LogP) is 4.76. The number of aromatic nitrogens is 2. The third-order valence-electron chi connectivity index (χ3n) is 3.07. The molecule has 1 aromatic heterocycles. The minimum absolute atomic E-state index is 0.168. The molecule has 0 bridgehead atoms. The zero-order valence-electron chi connectivity index (χ0n) is 13.5. The summed E-state index contributed by atoms with van der Waals surface area (Å²) in [5, 5.41) is 0. The first-order chi connectivity index (χ1) is 9.21. The molecule has 0 saturated carbocycles. The molecule has 0 aliphatic heterocycles. The van der Waals surface area contributed by atoms with Crippen molar-refractivity contribution in [3.63, 3.8) is 0 Å². The van der Waals surface area contributed by atoms with Gasteiger partial charge in [0.15, 0.2) is 0 Å². The molecule has 108 valence electrons. The van der Waals surface area contributed by atoms with Crippen LogP contribution in [0.15, 0.2) is 49.1 Å². The molecule has 0 N–H and O–H groups in total. The van der Waals surface area contributed by atoms with Crippen molar-refractivity contribution in [1.29, 1.82) is 0 Å². The molecule has 0 amide bonds. The van der Waals surface area contributed by atoms with Crippen LogP contribution < -0.4 is 0 Å². The Morgan fingerprint density at radius 1 is 0.650 bits per heavy atom. The Hall–Kier alpha value is -1.70. The average Bonchev–Trinajstić information content (AvgIpc) is 2.40. The summed E-state index contributed by atoms with van der Waals surface area (Å²) in [5.41, 5.74) is 3.03. The fourth-order valence-corrected chi connectivity index (χ4v) is 1.62. The molecule has 2 rings (SSSR count). The first kappa shape index (κ1) is 16.4. The maximum atomic E-state index is 3.94. The third-order valence-corrected chi connectivity index (χ3v) is 3.07. The Balaban J connectivity index is 0.000000200. The van der Waals surface area contributed by atoms with Crippen LogP contribution in [0.1, 0.15) is 52.7 Å². The summed E-state index contributed by atoms with van der Waals surface area (Å²) < 4.78 is 0. The largest absolute Gasteiger partial charge is 0.245 e. The van der Waals surface area contributed by atoms with Gasteiger partial charge in [-0.3, -0.25) is 0 Å². The van der Waals surface area contributed by atoms with Gasteiger partial charge in [0.1, 0.15) is 6.33 Å². The van der Waals surface area contributed by atoms with E-state index in [0.717, 1.165) is 0 Å². The Morgan fingerprint density at radius 3 is 1.40 bits per heavy atom. The van der Waals surface area contributed by atoms with Crippen LogP contribution in [0.2, 0.25) is 0 Å². The van der Waals surface area contributed by atoms with E-state index in [1.165, 1.54) is 11.1 Å². The van der Waals surface area contributed by atoms with Gasteiger partial charge < -0.3 is 0 Å². The van der Waals surface area contributed by atoms with E-state index in [0.29, 0.717) is 5.41 Å². The lowest BCUT2D eigenvalue weighted by Crippen LogP contribution is -2.11. The second-order valence-electron chi connectivity index (χ2n) is 6.99. The van der Waals surface area contributed by atoms with Gasteiger partial charge in [0.05, 0.1) is 0 Å². The van der Waals surface area contributed by atoms with Gasteiger partial charge in [-0.25, -0.2) is 9.97 Å². The highest BCUT2D eigenvalue weighted by Gasteiger charge is 2.13. The molecule has 0 fully saturated rings. The maximum Gasteiger partial charge on any atom is 0.115 e. The normalized spacial score (nSPS) is 11.5. The topological polar surface area (TPSA) is 25.8 Å². The van der Waals surface area contributed by atoms with Gasteiger partial charge >= 0.3 is 0 Å². The highest BCUT2D eigenvalue weighted by atomic mass is 14.8. The lowest BCUT2D eigenvalue weighted by molar-refractivity contribution is 0.584. The highest BCUT2D eigenvalue weighted by molar-refractivity contribution is 5.22. The number of rotatable bonds is 0. The summed E-state index contributed by atoms with van der Waals surface area (Å²) in [6, 6.07) is 10.6. The number of nitrogens with zero attached hydrogens (tertiary/aromatic N) is 2. The minimum Gasteiger partial charge on any atom is -0.245 e. The smallest absolute Gasteiger partial charge is 0.115 e. The van der Waals surface area contributed by atoms with Crippen molar-refractivity contribution in [2.75, 3.05) is 0 Å². The van der Waals surface area contributed by atoms with Gasteiger partial charge in [0, 0.05) is 12.4 Å². The van der Waals surface area contributed by atoms with Gasteiger partial charge in [-0.2, -0.15) is 0 Å². The van der Waals surface area contributed by atoms with Gasteiger partial charge in [-0.15, -0.1) is 0 Å². The Kier molecular flexibility index (Phi) is 5.43. The molecular formula is C18H26N2. The van der Waals surface area contributed by atoms with E-state index in [1.807, 2.05) is 12.4 Å². The molecule has 1 heterocycles. The molecule has 2 heteroatoms. The fourth-order valence-electron chi connectivity index (χ4n) is 1.62. The highest BCUT2D eigenvalue weighted by Crippen LogP contribution is 2.20. The van der Waals surface area contributed by atoms with Crippen molar-refractivity contribution in [1.82, 2.24) is 9.97 Å². The molecule has 0 unspecified atom stereocenters. The first-order valence-corrected chi connectivity index (χ1v) is 7.02. The van der Waals surface area contributed by atoms with Crippen molar-refractivity contribution in [3.05, 3.63) is 60.2 Å². The van der Waals surface area contributed by atoms with Gasteiger partial charge in [0.25, 0.3) is 0 Å². The maximum absolute atomic E-state index is 3.94. The third kappa shape index (κ3) is 5.52. The standard InChI is InChI=1S/C10H14.C8H12N2/c1-10(2,3)9-7-5-4-6-8-9;1-8(2,3)7-4-9-6-10-5-7/h4-8H,1-3H3;4-6H,1-3H3. The van der Waals surface area contributed by atoms with Crippen molar-refractivity contribution in [2.45, 2.75) is 52.4 Å². The van der Waals surface area contributed by atoms with Crippen LogP contribution in [0.25, 0.3) is 0 Å². The predicted molar refractivity (Wildman–Crippen MR) is 85.9 cm³/mol. The second-order valence-corrected chi connectivity index (χ2v) is 6.99. The summed E-state index contributed by atoms with van der Waals surface area (Å²) in [7, 11) is 0. The summed E-state index contributed by atoms with van der Waals surface area (Å²) in [6.45, 7) is 13.1. The second kappa shape index (κ2) is 6.65. The van der Waals surface area contributed by atoms with E-state index < -0.39 is 0 Å². The van der Waals surface area contributed by atoms with E-state index in [-0.39, 0.29) is 5.41 Å². The number of hydrogen-bond donors (Lipinski definition) is 0. The van der Waals surface area contributed by atoms with Crippen LogP contribution in [-0.4, -0.2) is 9.97 Å². The van der Waals surface area contributed by atoms with Crippen molar-refractivity contribution < 1.29 is 0 Å². The Bertz CT molecular complexity index is 441. The zero-order chi connectivity index (χ0) is 15.2. The van der Waals surface area contributed by atoms with Gasteiger partial charge in [-0.05, 0) is 22.0 Å². The monoisotopic (exact) mass is 270 g/mol. The van der Waals surface area contributed by atoms with Crippen LogP contribution in [0.3, 0.4) is 0 Å². The van der Waals surface area contributed by atoms with Crippen molar-refractivity contribution in [3.8, 4) is 0 Å². The van der Waals surface area contributed by atoms with Crippen LogP contribution in [0.5, 0.6) is 0 Å². The molecule has 20 heavy (non-hydrogen) atoms. The van der Waals surface area contributed by atoms with Crippen LogP contribution >= 0.6 is 0 Å². The quantitative estimate of drug-likeness (QED) is 0.690. The number of hydrogen-bond acceptors (Lipinski definition) is 2. The van der Waals surface area contributed by atoms with Crippen molar-refractivity contribution >= 4 is 0 Å². The zero-order valence-corrected chi connectivity index (χ0v) is 13.5. The summed E-state index contributed by atoms with van der Waals surface area (Å²) in [6.07, 6.45) is 5.26. The SMILES string of the molecule is CC(C)(C)c1ccccc1.CC(C)(C)c1cncnc1. The molecule has 0 atom stereocenters. The van der Waals surface area contributed by atoms with Gasteiger partial charge in [0.2, 0.25) is 0 Å². The molecule has 0 aliphatic carbocycles. The molecule has 1 aromatic carbocycles. The van der Waals surface area contributed by atoms with E-state index in [9.17, 15) is 0 Å². The molecule has 0 radical (unpaired) electrons. The summed E-state index contributed by atoms with van der Waals surface area (Å²) in [5.74, 6) is 0. The number of benzene rings is 1. The molecule has 0 saturated heterocycles. The first-order valence-electron chi connectivity index (χ1n) is 7.02. The van der Waals surface area contributed by atoms with E-state index in [2.05, 4.69) is 81.8 Å². The van der Waals surface area contributed by atoms with Crippen molar-refractivity contribution in [2.24, 2.45) is 0 Å². The van der Waals surface area contributed by atoms with Crippen LogP contribution in [-0.2, 0) is 10.8 Å². The van der Waals surface area contributed by atoms with E-state index in [4.69, 9.17) is 0 Å². The minimum atomic E-state index is 0.168. The summed E-state index contributed by atoms with van der Waals surface area (Å²) in [4.78, 5) is 7.88. The van der Waals surface area contributed by atoms with Crippen LogP contribution in [0.4, 0.5) is 0 Å². The molecule has 2 nitrogen and oxygen atoms in total. The lowest BCUT2D eigenvalue weighted by atomic mass is 9.87. The fraction of sp³-hybridized carbons (Fsp3) is 0.444. The van der Waals surface area contributed by atoms with Crippen LogP contribution in [0, 0.1) is 0 Å². The molecule has 0 aliphatic rings. The van der Waals surface area contributed by atoms with Gasteiger partial charge in [-0.1, -0.05) is 71.9 Å². The van der Waals surface area contributed by atoms with E-state index in [1.54, 1.807) is 6.33 Å². The molecule has 0 spiro atoms. The Morgan fingerprint density at radius 2 is 1.10 bits per heavy atom. The molecule has 2 aromatic rings. The van der Waals surface area contributed by atoms with E-state index >= 15 is 0 Å². The summed E-state index contributed by atoms with van der Waals surface area (Å²) >= 11 is 0. The lowest BCUT2D eigenvalue weighted by Gasteiger charge is -2.18. The molecular weight excluding hydrogens is 244 g/mol. The Labute approximate surface area is 123 Å². The average molecular weight is 270 g/mol.